The molecular formula is C30H33NO4. The molecule has 2 aliphatic heterocycles. The Kier molecular flexibility index (Phi) is 6.06. The molecule has 0 spiro atoms. The Balaban J connectivity index is 1.76. The van der Waals surface area contributed by atoms with Crippen LogP contribution in [0.25, 0.3) is 16.3 Å². The maximum absolute atomic E-state index is 13.6. The van der Waals surface area contributed by atoms with E-state index in [0.717, 1.165) is 64.0 Å². The lowest BCUT2D eigenvalue weighted by atomic mass is 9.79. The minimum absolute atomic E-state index is 0.215. The molecule has 0 saturated heterocycles. The lowest BCUT2D eigenvalue weighted by Gasteiger charge is -2.39. The molecule has 35 heavy (non-hydrogen) atoms. The van der Waals surface area contributed by atoms with E-state index in [1.54, 1.807) is 14.2 Å². The van der Waals surface area contributed by atoms with E-state index < -0.39 is 11.5 Å². The summed E-state index contributed by atoms with van der Waals surface area (Å²) >= 11 is 0. The number of methoxy groups -OCH3 is 2. The zero-order valence-electron chi connectivity index (χ0n) is 21.2. The zero-order valence-corrected chi connectivity index (χ0v) is 21.2. The van der Waals surface area contributed by atoms with Crippen molar-refractivity contribution in [2.45, 2.75) is 39.2 Å². The number of fused-ring (bicyclic) bond motifs is 3. The predicted octanol–water partition coefficient (Wildman–Crippen LogP) is 5.99. The summed E-state index contributed by atoms with van der Waals surface area (Å²) in [6.07, 6.45) is 5.90. The molecule has 5 heteroatoms. The summed E-state index contributed by atoms with van der Waals surface area (Å²) in [6.45, 7) is 7.23. The number of hydrogen-bond acceptors (Lipinski definition) is 5. The fourth-order valence-corrected chi connectivity index (χ4v) is 5.95. The zero-order chi connectivity index (χ0) is 24.7. The van der Waals surface area contributed by atoms with Crippen LogP contribution in [0.3, 0.4) is 0 Å². The van der Waals surface area contributed by atoms with Crippen LogP contribution in [0.15, 0.2) is 82.9 Å². The van der Waals surface area contributed by atoms with Gasteiger partial charge in [-0.3, -0.25) is 4.79 Å². The Labute approximate surface area is 207 Å². The molecule has 2 unspecified atom stereocenters. The van der Waals surface area contributed by atoms with Crippen molar-refractivity contribution in [2.24, 2.45) is 5.92 Å². The minimum atomic E-state index is -0.588. The van der Waals surface area contributed by atoms with Gasteiger partial charge in [0.15, 0.2) is 0 Å². The number of rotatable bonds is 6. The lowest BCUT2D eigenvalue weighted by Crippen LogP contribution is -2.37. The highest BCUT2D eigenvalue weighted by Crippen LogP contribution is 2.51. The van der Waals surface area contributed by atoms with Crippen LogP contribution >= 0.6 is 0 Å². The summed E-state index contributed by atoms with van der Waals surface area (Å²) in [5.41, 5.74) is 5.84. The molecule has 0 bridgehead atoms. The average molecular weight is 472 g/mol. The second-order valence-corrected chi connectivity index (χ2v) is 9.24. The van der Waals surface area contributed by atoms with Crippen LogP contribution in [0.2, 0.25) is 0 Å². The molecule has 2 heterocycles. The summed E-state index contributed by atoms with van der Waals surface area (Å²) < 4.78 is 17.5. The highest BCUT2D eigenvalue weighted by molar-refractivity contribution is 6.02. The number of allylic oxidation sites excluding steroid dienone is 3. The molecule has 0 aromatic heterocycles. The summed E-state index contributed by atoms with van der Waals surface area (Å²) in [4.78, 5) is 15.9. The van der Waals surface area contributed by atoms with E-state index >= 15 is 0 Å². The first-order chi connectivity index (χ1) is 17.0. The Morgan fingerprint density at radius 2 is 1.89 bits per heavy atom. The van der Waals surface area contributed by atoms with E-state index in [1.165, 1.54) is 5.57 Å². The van der Waals surface area contributed by atoms with Crippen LogP contribution in [0, 0.1) is 5.92 Å². The predicted molar refractivity (Wildman–Crippen MR) is 138 cm³/mol. The monoisotopic (exact) mass is 471 g/mol. The molecule has 5 nitrogen and oxygen atoms in total. The van der Waals surface area contributed by atoms with Gasteiger partial charge in [-0.25, -0.2) is 0 Å². The van der Waals surface area contributed by atoms with E-state index in [-0.39, 0.29) is 5.97 Å². The smallest absolute Gasteiger partial charge is 0.319 e. The molecule has 0 radical (unpaired) electrons. The molecule has 0 amide bonds. The third-order valence-electron chi connectivity index (χ3n) is 7.69. The van der Waals surface area contributed by atoms with E-state index in [1.807, 2.05) is 13.0 Å². The maximum atomic E-state index is 13.6. The summed E-state index contributed by atoms with van der Waals surface area (Å²) in [7, 11) is 3.41. The van der Waals surface area contributed by atoms with E-state index in [2.05, 4.69) is 67.3 Å². The Hall–Kier alpha value is -3.31. The molecule has 182 valence electrons. The van der Waals surface area contributed by atoms with Gasteiger partial charge in [-0.2, -0.15) is 0 Å². The highest BCUT2D eigenvalue weighted by Gasteiger charge is 2.46. The first kappa shape index (κ1) is 23.4. The van der Waals surface area contributed by atoms with Crippen molar-refractivity contribution in [3.05, 3.63) is 88.5 Å². The first-order valence-corrected chi connectivity index (χ1v) is 12.4. The molecule has 2 atom stereocenters. The fraction of sp³-hybridized carbons (Fsp3) is 0.367. The lowest BCUT2D eigenvalue weighted by molar-refractivity contribution is -0.144. The second kappa shape index (κ2) is 9.04. The minimum Gasteiger partial charge on any atom is -0.498 e. The van der Waals surface area contributed by atoms with Crippen molar-refractivity contribution in [3.63, 3.8) is 0 Å². The van der Waals surface area contributed by atoms with Gasteiger partial charge in [0.1, 0.15) is 17.3 Å². The molecule has 2 aromatic carbocycles. The molecule has 0 N–H and O–H groups in total. The Morgan fingerprint density at radius 1 is 1.11 bits per heavy atom. The SMILES string of the molecule is CCOC(=O)C1C(c2cccc3ccccc23)=C(C)N2CCC3=CC(CC)(OC)C(OC)=CC3=C12. The third-order valence-corrected chi connectivity index (χ3v) is 7.69. The van der Waals surface area contributed by atoms with Crippen molar-refractivity contribution in [3.8, 4) is 0 Å². The van der Waals surface area contributed by atoms with E-state index in [4.69, 9.17) is 14.2 Å². The van der Waals surface area contributed by atoms with Gasteiger partial charge in [-0.1, -0.05) is 49.4 Å². The average Bonchev–Trinajstić information content (AvgIpc) is 3.19. The van der Waals surface area contributed by atoms with Crippen LogP contribution in [0.5, 0.6) is 0 Å². The van der Waals surface area contributed by atoms with Crippen molar-refractivity contribution >= 4 is 22.3 Å². The van der Waals surface area contributed by atoms with Crippen LogP contribution in [0.4, 0.5) is 0 Å². The highest BCUT2D eigenvalue weighted by atomic mass is 16.5. The Bertz CT molecular complexity index is 1300. The quantitative estimate of drug-likeness (QED) is 0.485. The van der Waals surface area contributed by atoms with Crippen molar-refractivity contribution in [2.75, 3.05) is 27.4 Å². The summed E-state index contributed by atoms with van der Waals surface area (Å²) in [5, 5.41) is 2.30. The van der Waals surface area contributed by atoms with E-state index in [9.17, 15) is 4.79 Å². The van der Waals surface area contributed by atoms with Crippen molar-refractivity contribution in [1.82, 2.24) is 4.90 Å². The number of esters is 1. The van der Waals surface area contributed by atoms with Crippen LogP contribution in [0.1, 0.15) is 39.2 Å². The molecule has 2 aromatic rings. The number of carbonyl (C=O) groups is 1. The molecule has 0 fully saturated rings. The summed E-state index contributed by atoms with van der Waals surface area (Å²) in [6, 6.07) is 14.6. The normalized spacial score (nSPS) is 23.7. The molecule has 5 rings (SSSR count). The number of ether oxygens (including phenoxy) is 3. The molecule has 1 aliphatic carbocycles. The number of benzene rings is 2. The van der Waals surface area contributed by atoms with Crippen LogP contribution in [-0.2, 0) is 19.0 Å². The van der Waals surface area contributed by atoms with Crippen LogP contribution < -0.4 is 0 Å². The van der Waals surface area contributed by atoms with Gasteiger partial charge in [-0.05, 0) is 66.3 Å². The Morgan fingerprint density at radius 3 is 2.60 bits per heavy atom. The van der Waals surface area contributed by atoms with Gasteiger partial charge in [0, 0.05) is 30.6 Å². The largest absolute Gasteiger partial charge is 0.498 e. The van der Waals surface area contributed by atoms with Gasteiger partial charge < -0.3 is 19.1 Å². The van der Waals surface area contributed by atoms with Crippen molar-refractivity contribution < 1.29 is 19.0 Å². The standard InChI is InChI=1S/C30H33NO4/c1-6-30(34-5)18-21-15-16-31-19(3)26(23-14-10-12-20-11-8-9-13-22(20)23)27(29(32)35-7-2)28(31)24(21)17-25(30)33-4/h8-14,17-18,27H,6-7,15-16H2,1-5H3. The maximum Gasteiger partial charge on any atom is 0.319 e. The second-order valence-electron chi connectivity index (χ2n) is 9.24. The number of carbonyl (C=O) groups excluding carboxylic acids is 1. The number of hydrogen-bond donors (Lipinski definition) is 0. The van der Waals surface area contributed by atoms with Gasteiger partial charge >= 0.3 is 5.97 Å². The fourth-order valence-electron chi connectivity index (χ4n) is 5.95. The third kappa shape index (κ3) is 3.52. The van der Waals surface area contributed by atoms with Gasteiger partial charge in [0.25, 0.3) is 0 Å². The van der Waals surface area contributed by atoms with Crippen molar-refractivity contribution in [1.29, 1.82) is 0 Å². The van der Waals surface area contributed by atoms with E-state index in [0.29, 0.717) is 6.61 Å². The summed E-state index contributed by atoms with van der Waals surface area (Å²) in [5.74, 6) is 0.0347. The molecule has 3 aliphatic rings. The molecule has 0 saturated carbocycles. The van der Waals surface area contributed by atoms with Gasteiger partial charge in [0.05, 0.1) is 13.7 Å². The van der Waals surface area contributed by atoms with Crippen LogP contribution in [-0.4, -0.2) is 43.8 Å². The van der Waals surface area contributed by atoms with Gasteiger partial charge in [-0.15, -0.1) is 0 Å². The van der Waals surface area contributed by atoms with Gasteiger partial charge in [0.2, 0.25) is 0 Å². The number of nitrogens with zero attached hydrogens (tertiary/aromatic N) is 1. The first-order valence-electron chi connectivity index (χ1n) is 12.4. The molecular weight excluding hydrogens is 438 g/mol. The topological polar surface area (TPSA) is 48.0 Å².